The molecular formula is C31H31F3N4O9S. The summed E-state index contributed by atoms with van der Waals surface area (Å²) >= 11 is 0. The van der Waals surface area contributed by atoms with Gasteiger partial charge in [0, 0.05) is 18.1 Å². The van der Waals surface area contributed by atoms with Crippen LogP contribution >= 0.6 is 0 Å². The standard InChI is InChI=1S/C31H31F3N4O9S/c1-46-29(40)24(37-48(44,45)23-18-16-22(17-19-23)38(42)43)14-9-15-25(31(32,33)34)35-28(39)27(36-30(41)47-2)26(20-10-5-3-6-11-20)21-12-7-4-8-13-21/h3-13,15-19,24-27,37H,14H2,1-2H3,(H,35,39)(H,36,41)/b15-9+. The third-order valence-corrected chi connectivity index (χ3v) is 8.37. The first-order valence-electron chi connectivity index (χ1n) is 14.0. The van der Waals surface area contributed by atoms with Gasteiger partial charge < -0.3 is 20.1 Å². The minimum atomic E-state index is -5.07. The highest BCUT2D eigenvalue weighted by Gasteiger charge is 2.42. The number of methoxy groups -OCH3 is 2. The van der Waals surface area contributed by atoms with Gasteiger partial charge in [0.2, 0.25) is 15.9 Å². The van der Waals surface area contributed by atoms with E-state index in [1.165, 1.54) is 0 Å². The van der Waals surface area contributed by atoms with E-state index in [1.807, 2.05) is 10.0 Å². The lowest BCUT2D eigenvalue weighted by Gasteiger charge is -2.29. The van der Waals surface area contributed by atoms with Gasteiger partial charge in [-0.25, -0.2) is 13.2 Å². The van der Waals surface area contributed by atoms with Crippen LogP contribution in [0.15, 0.2) is 102 Å². The maximum Gasteiger partial charge on any atom is 0.412 e. The molecule has 3 rings (SSSR count). The molecule has 0 fully saturated rings. The second-order valence-electron chi connectivity index (χ2n) is 10.1. The molecule has 48 heavy (non-hydrogen) atoms. The van der Waals surface area contributed by atoms with Crippen LogP contribution < -0.4 is 15.4 Å². The lowest BCUT2D eigenvalue weighted by molar-refractivity contribution is -0.384. The minimum Gasteiger partial charge on any atom is -0.468 e. The predicted octanol–water partition coefficient (Wildman–Crippen LogP) is 3.96. The van der Waals surface area contributed by atoms with Crippen LogP contribution in [0.2, 0.25) is 0 Å². The van der Waals surface area contributed by atoms with Crippen molar-refractivity contribution in [3.8, 4) is 0 Å². The Morgan fingerprint density at radius 1 is 0.875 bits per heavy atom. The molecule has 0 spiro atoms. The molecule has 3 aromatic rings. The molecule has 0 saturated heterocycles. The number of non-ortho nitro benzene ring substituents is 1. The number of carbonyl (C=O) groups is 3. The molecule has 0 saturated carbocycles. The number of esters is 1. The number of hydrogen-bond donors (Lipinski definition) is 3. The molecular weight excluding hydrogens is 661 g/mol. The van der Waals surface area contributed by atoms with Crippen molar-refractivity contribution in [2.75, 3.05) is 14.2 Å². The summed E-state index contributed by atoms with van der Waals surface area (Å²) in [5.41, 5.74) is 0.602. The number of rotatable bonds is 14. The first kappa shape index (κ1) is 37.2. The van der Waals surface area contributed by atoms with Crippen molar-refractivity contribution < 1.29 is 50.4 Å². The number of benzene rings is 3. The van der Waals surface area contributed by atoms with Crippen LogP contribution in [-0.2, 0) is 29.1 Å². The first-order valence-corrected chi connectivity index (χ1v) is 15.5. The number of alkyl carbamates (subject to hydrolysis) is 1. The molecule has 17 heteroatoms. The zero-order valence-electron chi connectivity index (χ0n) is 25.4. The Balaban J connectivity index is 1.89. The molecule has 3 unspecified atom stereocenters. The molecule has 256 valence electrons. The summed E-state index contributed by atoms with van der Waals surface area (Å²) in [7, 11) is -2.53. The molecule has 0 radical (unpaired) electrons. The van der Waals surface area contributed by atoms with Gasteiger partial charge in [-0.3, -0.25) is 19.7 Å². The average Bonchev–Trinajstić information content (AvgIpc) is 3.07. The minimum absolute atomic E-state index is 0.399. The number of nitro groups is 1. The lowest BCUT2D eigenvalue weighted by atomic mass is 9.84. The Bertz CT molecular complexity index is 1670. The second-order valence-corrected chi connectivity index (χ2v) is 11.8. The number of nitrogens with one attached hydrogen (secondary N) is 3. The number of halogens is 3. The van der Waals surface area contributed by atoms with E-state index in [1.54, 1.807) is 60.7 Å². The summed E-state index contributed by atoms with van der Waals surface area (Å²) in [5.74, 6) is -3.33. The molecule has 0 aromatic heterocycles. The Morgan fingerprint density at radius 3 is 1.88 bits per heavy atom. The summed E-state index contributed by atoms with van der Waals surface area (Å²) in [6, 6.07) is 14.3. The summed E-state index contributed by atoms with van der Waals surface area (Å²) < 4.78 is 79.6. The molecule has 3 atom stereocenters. The van der Waals surface area contributed by atoms with Crippen LogP contribution in [0.1, 0.15) is 23.5 Å². The van der Waals surface area contributed by atoms with Gasteiger partial charge in [-0.15, -0.1) is 0 Å². The smallest absolute Gasteiger partial charge is 0.412 e. The Labute approximate surface area is 273 Å². The van der Waals surface area contributed by atoms with Gasteiger partial charge in [0.15, 0.2) is 0 Å². The first-order chi connectivity index (χ1) is 22.7. The van der Waals surface area contributed by atoms with Crippen molar-refractivity contribution in [3.63, 3.8) is 0 Å². The van der Waals surface area contributed by atoms with E-state index in [0.29, 0.717) is 17.2 Å². The van der Waals surface area contributed by atoms with Gasteiger partial charge in [0.05, 0.1) is 24.0 Å². The summed E-state index contributed by atoms with van der Waals surface area (Å²) in [6.45, 7) is 0. The van der Waals surface area contributed by atoms with Gasteiger partial charge in [-0.2, -0.15) is 17.9 Å². The molecule has 3 N–H and O–H groups in total. The van der Waals surface area contributed by atoms with E-state index >= 15 is 0 Å². The third kappa shape index (κ3) is 10.1. The number of hydrogen-bond acceptors (Lipinski definition) is 9. The number of carbonyl (C=O) groups excluding carboxylic acids is 3. The molecule has 0 heterocycles. The monoisotopic (exact) mass is 692 g/mol. The third-order valence-electron chi connectivity index (χ3n) is 6.88. The quantitative estimate of drug-likeness (QED) is 0.0974. The van der Waals surface area contributed by atoms with E-state index in [-0.39, 0.29) is 0 Å². The molecule has 13 nitrogen and oxygen atoms in total. The molecule has 0 bridgehead atoms. The van der Waals surface area contributed by atoms with Gasteiger partial charge in [-0.1, -0.05) is 72.8 Å². The number of nitro benzene ring substituents is 1. The van der Waals surface area contributed by atoms with Gasteiger partial charge >= 0.3 is 18.2 Å². The highest BCUT2D eigenvalue weighted by molar-refractivity contribution is 7.89. The van der Waals surface area contributed by atoms with E-state index < -0.39 is 80.1 Å². The Morgan fingerprint density at radius 2 is 1.42 bits per heavy atom. The summed E-state index contributed by atoms with van der Waals surface area (Å²) in [5, 5.41) is 15.1. The van der Waals surface area contributed by atoms with E-state index in [4.69, 9.17) is 0 Å². The fraction of sp³-hybridized carbons (Fsp3) is 0.258. The summed E-state index contributed by atoms with van der Waals surface area (Å²) in [6.07, 6.45) is -5.46. The highest BCUT2D eigenvalue weighted by atomic mass is 32.2. The van der Waals surface area contributed by atoms with Gasteiger partial charge in [0.25, 0.3) is 5.69 Å². The normalized spacial score (nSPS) is 13.7. The second kappa shape index (κ2) is 16.5. The van der Waals surface area contributed by atoms with Crippen molar-refractivity contribution in [1.29, 1.82) is 0 Å². The molecule has 0 aliphatic heterocycles. The van der Waals surface area contributed by atoms with E-state index in [9.17, 15) is 46.1 Å². The number of alkyl halides is 3. The van der Waals surface area contributed by atoms with E-state index in [0.717, 1.165) is 44.6 Å². The van der Waals surface area contributed by atoms with Crippen LogP contribution in [0.4, 0.5) is 23.7 Å². The fourth-order valence-corrected chi connectivity index (χ4v) is 5.75. The molecule has 3 aromatic carbocycles. The Kier molecular flexibility index (Phi) is 12.8. The van der Waals surface area contributed by atoms with E-state index in [2.05, 4.69) is 14.8 Å². The molecule has 0 aliphatic carbocycles. The number of nitrogens with zero attached hydrogens (tertiary/aromatic N) is 1. The van der Waals surface area contributed by atoms with Crippen LogP contribution in [-0.4, -0.2) is 69.8 Å². The van der Waals surface area contributed by atoms with Crippen molar-refractivity contribution >= 4 is 33.7 Å². The highest BCUT2D eigenvalue weighted by Crippen LogP contribution is 2.30. The van der Waals surface area contributed by atoms with Crippen LogP contribution in [0, 0.1) is 10.1 Å². The average molecular weight is 693 g/mol. The van der Waals surface area contributed by atoms with Gasteiger partial charge in [-0.05, 0) is 29.7 Å². The fourth-order valence-electron chi connectivity index (χ4n) is 4.55. The maximum absolute atomic E-state index is 14.2. The zero-order chi connectivity index (χ0) is 35.5. The zero-order valence-corrected chi connectivity index (χ0v) is 26.2. The van der Waals surface area contributed by atoms with Gasteiger partial charge in [0.1, 0.15) is 18.1 Å². The topological polar surface area (TPSA) is 183 Å². The largest absolute Gasteiger partial charge is 0.468 e. The summed E-state index contributed by atoms with van der Waals surface area (Å²) in [4.78, 5) is 47.9. The lowest BCUT2D eigenvalue weighted by Crippen LogP contribution is -2.55. The van der Waals surface area contributed by atoms with Crippen molar-refractivity contribution in [2.24, 2.45) is 0 Å². The molecule has 0 aliphatic rings. The maximum atomic E-state index is 14.2. The van der Waals surface area contributed by atoms with Crippen LogP contribution in [0.25, 0.3) is 0 Å². The Hall–Kier alpha value is -5.29. The van der Waals surface area contributed by atoms with Crippen LogP contribution in [0.5, 0.6) is 0 Å². The van der Waals surface area contributed by atoms with Crippen molar-refractivity contribution in [2.45, 2.75) is 41.5 Å². The molecule has 2 amide bonds. The van der Waals surface area contributed by atoms with Crippen molar-refractivity contribution in [1.82, 2.24) is 15.4 Å². The number of ether oxygens (including phenoxy) is 2. The SMILES string of the molecule is COC(=O)NC(C(=O)NC(/C=C/CC(NS(=O)(=O)c1ccc([N+](=O)[O-])cc1)C(=O)OC)C(F)(F)F)C(c1ccccc1)c1ccccc1. The van der Waals surface area contributed by atoms with Crippen LogP contribution in [0.3, 0.4) is 0 Å². The number of sulfonamides is 1. The van der Waals surface area contributed by atoms with Crippen molar-refractivity contribution in [3.05, 3.63) is 118 Å². The number of amides is 2. The predicted molar refractivity (Wildman–Crippen MR) is 165 cm³/mol.